The molecule has 0 aromatic carbocycles. The fourth-order valence-electron chi connectivity index (χ4n) is 1.11. The zero-order valence-electron chi connectivity index (χ0n) is 5.79. The van der Waals surface area contributed by atoms with Gasteiger partial charge in [-0.05, 0) is 6.42 Å². The number of likely N-dealkylation sites (tertiary alicyclic amines) is 1. The average Bonchev–Trinajstić information content (AvgIpc) is 2.34. The number of nitrogens with two attached hydrogens (primary N) is 1. The molecule has 1 aliphatic heterocycles. The number of hydrogen-bond acceptors (Lipinski definition) is 3. The predicted molar refractivity (Wildman–Crippen MR) is 43.0 cm³/mol. The van der Waals surface area contributed by atoms with E-state index in [-0.39, 0.29) is 11.9 Å². The van der Waals surface area contributed by atoms with Crippen molar-refractivity contribution in [2.45, 2.75) is 12.5 Å². The lowest BCUT2D eigenvalue weighted by molar-refractivity contribution is -0.127. The topological polar surface area (TPSA) is 46.3 Å². The van der Waals surface area contributed by atoms with Gasteiger partial charge in [-0.25, -0.2) is 0 Å². The van der Waals surface area contributed by atoms with Crippen molar-refractivity contribution in [3.05, 3.63) is 0 Å². The van der Waals surface area contributed by atoms with E-state index in [9.17, 15) is 4.79 Å². The molecule has 0 bridgehead atoms. The van der Waals surface area contributed by atoms with Crippen molar-refractivity contribution < 1.29 is 4.79 Å². The van der Waals surface area contributed by atoms with Crippen molar-refractivity contribution >= 4 is 18.5 Å². The van der Waals surface area contributed by atoms with Crippen molar-refractivity contribution in [1.82, 2.24) is 4.90 Å². The van der Waals surface area contributed by atoms with Crippen LogP contribution in [0.1, 0.15) is 6.42 Å². The van der Waals surface area contributed by atoms with Gasteiger partial charge in [-0.3, -0.25) is 4.79 Å². The highest BCUT2D eigenvalue weighted by Crippen LogP contribution is 2.06. The smallest absolute Gasteiger partial charge is 0.232 e. The normalized spacial score (nSPS) is 25.4. The van der Waals surface area contributed by atoms with Crippen LogP contribution in [0.4, 0.5) is 0 Å². The van der Waals surface area contributed by atoms with Crippen molar-refractivity contribution in [2.24, 2.45) is 5.73 Å². The monoisotopic (exact) mass is 160 g/mol. The Kier molecular flexibility index (Phi) is 2.56. The van der Waals surface area contributed by atoms with Gasteiger partial charge in [-0.15, -0.1) is 0 Å². The molecular weight excluding hydrogens is 148 g/mol. The fraction of sp³-hybridized carbons (Fsp3) is 0.833. The summed E-state index contributed by atoms with van der Waals surface area (Å²) in [5.74, 6) is 0.392. The van der Waals surface area contributed by atoms with Crippen LogP contribution in [-0.4, -0.2) is 35.7 Å². The molecule has 0 saturated carbocycles. The first-order valence-corrected chi connectivity index (χ1v) is 4.01. The molecule has 58 valence electrons. The van der Waals surface area contributed by atoms with E-state index in [4.69, 9.17) is 5.73 Å². The Morgan fingerprint density at radius 2 is 2.50 bits per heavy atom. The number of nitrogens with zero attached hydrogens (tertiary/aromatic N) is 1. The first kappa shape index (κ1) is 7.88. The van der Waals surface area contributed by atoms with Crippen LogP contribution in [0.2, 0.25) is 0 Å². The maximum Gasteiger partial charge on any atom is 0.232 e. The Hall–Kier alpha value is -0.220. The van der Waals surface area contributed by atoms with E-state index in [1.54, 1.807) is 4.90 Å². The van der Waals surface area contributed by atoms with E-state index < -0.39 is 0 Å². The molecule has 1 saturated heterocycles. The quantitative estimate of drug-likeness (QED) is 0.507. The van der Waals surface area contributed by atoms with Crippen LogP contribution < -0.4 is 5.73 Å². The number of amides is 1. The first-order valence-electron chi connectivity index (χ1n) is 3.38. The van der Waals surface area contributed by atoms with Crippen LogP contribution in [-0.2, 0) is 4.79 Å². The fourth-order valence-corrected chi connectivity index (χ4v) is 1.31. The molecule has 1 atom stereocenters. The van der Waals surface area contributed by atoms with Gasteiger partial charge in [-0.1, -0.05) is 0 Å². The SMILES string of the molecule is NC1CCN(C(=O)CS)C1. The van der Waals surface area contributed by atoms with Crippen molar-refractivity contribution in [1.29, 1.82) is 0 Å². The molecule has 0 aromatic rings. The van der Waals surface area contributed by atoms with E-state index in [0.717, 1.165) is 13.0 Å². The number of rotatable bonds is 1. The van der Waals surface area contributed by atoms with Crippen LogP contribution in [0.3, 0.4) is 0 Å². The van der Waals surface area contributed by atoms with E-state index in [1.807, 2.05) is 0 Å². The third-order valence-electron chi connectivity index (χ3n) is 1.71. The lowest BCUT2D eigenvalue weighted by atomic mass is 10.3. The minimum absolute atomic E-state index is 0.0938. The molecule has 2 N–H and O–H groups in total. The third kappa shape index (κ3) is 1.64. The van der Waals surface area contributed by atoms with E-state index in [1.165, 1.54) is 0 Å². The lowest BCUT2D eigenvalue weighted by Gasteiger charge is -2.13. The molecule has 0 aromatic heterocycles. The van der Waals surface area contributed by atoms with E-state index in [0.29, 0.717) is 12.3 Å². The Morgan fingerprint density at radius 3 is 2.90 bits per heavy atom. The van der Waals surface area contributed by atoms with Gasteiger partial charge in [0.1, 0.15) is 0 Å². The minimum Gasteiger partial charge on any atom is -0.340 e. The van der Waals surface area contributed by atoms with Crippen LogP contribution in [0.25, 0.3) is 0 Å². The summed E-state index contributed by atoms with van der Waals surface area (Å²) >= 11 is 3.89. The summed E-state index contributed by atoms with van der Waals surface area (Å²) < 4.78 is 0. The zero-order valence-corrected chi connectivity index (χ0v) is 6.68. The summed E-state index contributed by atoms with van der Waals surface area (Å²) in [6.45, 7) is 1.51. The van der Waals surface area contributed by atoms with Gasteiger partial charge >= 0.3 is 0 Å². The molecule has 10 heavy (non-hydrogen) atoms. The molecule has 1 heterocycles. The minimum atomic E-state index is 0.0938. The molecule has 1 amide bonds. The second-order valence-electron chi connectivity index (χ2n) is 2.55. The second kappa shape index (κ2) is 3.25. The van der Waals surface area contributed by atoms with Gasteiger partial charge in [-0.2, -0.15) is 12.6 Å². The van der Waals surface area contributed by atoms with Gasteiger partial charge in [0.05, 0.1) is 5.75 Å². The van der Waals surface area contributed by atoms with Gasteiger partial charge in [0.15, 0.2) is 0 Å². The van der Waals surface area contributed by atoms with Crippen LogP contribution in [0, 0.1) is 0 Å². The second-order valence-corrected chi connectivity index (χ2v) is 2.86. The Morgan fingerprint density at radius 1 is 1.80 bits per heavy atom. The molecule has 1 unspecified atom stereocenters. The number of hydrogen-bond donors (Lipinski definition) is 2. The highest BCUT2D eigenvalue weighted by atomic mass is 32.1. The highest BCUT2D eigenvalue weighted by molar-refractivity contribution is 7.81. The molecule has 1 rings (SSSR count). The van der Waals surface area contributed by atoms with Gasteiger partial charge in [0.2, 0.25) is 5.91 Å². The molecule has 0 spiro atoms. The largest absolute Gasteiger partial charge is 0.340 e. The van der Waals surface area contributed by atoms with Crippen molar-refractivity contribution in [3.63, 3.8) is 0 Å². The summed E-state index contributed by atoms with van der Waals surface area (Å²) in [6, 6.07) is 0.184. The molecule has 0 aliphatic carbocycles. The number of thiol groups is 1. The molecule has 3 nitrogen and oxygen atoms in total. The average molecular weight is 160 g/mol. The maximum atomic E-state index is 11.0. The number of carbonyl (C=O) groups excluding carboxylic acids is 1. The molecule has 1 aliphatic rings. The Bertz CT molecular complexity index is 140. The molecule has 1 fully saturated rings. The molecule has 4 heteroatoms. The van der Waals surface area contributed by atoms with Gasteiger partial charge < -0.3 is 10.6 Å². The van der Waals surface area contributed by atoms with E-state index in [2.05, 4.69) is 12.6 Å². The Labute approximate surface area is 66.0 Å². The zero-order chi connectivity index (χ0) is 7.56. The highest BCUT2D eigenvalue weighted by Gasteiger charge is 2.21. The molecular formula is C6H12N2OS. The maximum absolute atomic E-state index is 11.0. The summed E-state index contributed by atoms with van der Waals surface area (Å²) in [6.07, 6.45) is 0.930. The van der Waals surface area contributed by atoms with Crippen LogP contribution >= 0.6 is 12.6 Å². The summed E-state index contributed by atoms with van der Waals surface area (Å²) in [5.41, 5.74) is 5.60. The van der Waals surface area contributed by atoms with Crippen molar-refractivity contribution in [3.8, 4) is 0 Å². The van der Waals surface area contributed by atoms with Crippen LogP contribution in [0.5, 0.6) is 0 Å². The lowest BCUT2D eigenvalue weighted by Crippen LogP contribution is -2.32. The standard InChI is InChI=1S/C6H12N2OS/c7-5-1-2-8(3-5)6(9)4-10/h5,10H,1-4,7H2. The van der Waals surface area contributed by atoms with E-state index >= 15 is 0 Å². The predicted octanol–water partition coefficient (Wildman–Crippen LogP) is -0.524. The van der Waals surface area contributed by atoms with Gasteiger partial charge in [0, 0.05) is 19.1 Å². The van der Waals surface area contributed by atoms with Gasteiger partial charge in [0.25, 0.3) is 0 Å². The summed E-state index contributed by atoms with van der Waals surface area (Å²) in [4.78, 5) is 12.7. The van der Waals surface area contributed by atoms with Crippen molar-refractivity contribution in [2.75, 3.05) is 18.8 Å². The summed E-state index contributed by atoms with van der Waals surface area (Å²) in [5, 5.41) is 0. The third-order valence-corrected chi connectivity index (χ3v) is 1.98. The van der Waals surface area contributed by atoms with Crippen LogP contribution in [0.15, 0.2) is 0 Å². The number of carbonyl (C=O) groups is 1. The summed E-state index contributed by atoms with van der Waals surface area (Å²) in [7, 11) is 0. The first-order chi connectivity index (χ1) is 4.74. The Balaban J connectivity index is 2.37. The molecule has 0 radical (unpaired) electrons.